The summed E-state index contributed by atoms with van der Waals surface area (Å²) in [6, 6.07) is 0. The van der Waals surface area contributed by atoms with Crippen LogP contribution in [0.2, 0.25) is 0 Å². The summed E-state index contributed by atoms with van der Waals surface area (Å²) in [4.78, 5) is 30.9. The van der Waals surface area contributed by atoms with Crippen LogP contribution in [0.3, 0.4) is 0 Å². The van der Waals surface area contributed by atoms with Crippen LogP contribution in [0.5, 0.6) is 0 Å². The number of thiazole rings is 1. The fraction of sp³-hybridized carbons (Fsp3) is 0.333. The first-order chi connectivity index (χ1) is 8.62. The van der Waals surface area contributed by atoms with Crippen molar-refractivity contribution >= 4 is 34.2 Å². The zero-order chi connectivity index (χ0) is 13.5. The minimum absolute atomic E-state index is 0.0887. The summed E-state index contributed by atoms with van der Waals surface area (Å²) in [6.45, 7) is 0. The second kappa shape index (κ2) is 6.55. The predicted octanol–water partition coefficient (Wildman–Crippen LogP) is 0.845. The van der Waals surface area contributed by atoms with Crippen molar-refractivity contribution < 1.29 is 23.9 Å². The summed E-state index contributed by atoms with van der Waals surface area (Å²) in [7, 11) is 3.74. The molecule has 0 aliphatic heterocycles. The van der Waals surface area contributed by atoms with Crippen LogP contribution in [-0.2, 0) is 19.1 Å². The van der Waals surface area contributed by atoms with Crippen LogP contribution in [0, 0.1) is 0 Å². The Kier molecular flexibility index (Phi) is 5.06. The quantitative estimate of drug-likeness (QED) is 0.496. The minimum Gasteiger partial charge on any atom is -0.464 e. The number of hydrogen-bond donors (Lipinski definition) is 1. The summed E-state index contributed by atoms with van der Waals surface area (Å²) in [5.41, 5.74) is 0.147. The van der Waals surface area contributed by atoms with Gasteiger partial charge in [0, 0.05) is 5.38 Å². The Labute approximate surface area is 107 Å². The van der Waals surface area contributed by atoms with Gasteiger partial charge in [-0.05, 0) is 0 Å². The van der Waals surface area contributed by atoms with Gasteiger partial charge in [-0.3, -0.25) is 5.32 Å². The molecule has 98 valence electrons. The van der Waals surface area contributed by atoms with E-state index in [4.69, 9.17) is 0 Å². The van der Waals surface area contributed by atoms with Crippen LogP contribution >= 0.6 is 11.3 Å². The van der Waals surface area contributed by atoms with Crippen molar-refractivity contribution in [1.29, 1.82) is 0 Å². The van der Waals surface area contributed by atoms with E-state index in [0.29, 0.717) is 0 Å². The fourth-order valence-corrected chi connectivity index (χ4v) is 1.64. The maximum Gasteiger partial charge on any atom is 0.413 e. The largest absolute Gasteiger partial charge is 0.464 e. The van der Waals surface area contributed by atoms with E-state index in [0.717, 1.165) is 11.3 Å². The Morgan fingerprint density at radius 2 is 2.06 bits per heavy atom. The van der Waals surface area contributed by atoms with Gasteiger partial charge in [-0.25, -0.2) is 14.6 Å². The van der Waals surface area contributed by atoms with Crippen molar-refractivity contribution in [2.45, 2.75) is 0 Å². The van der Waals surface area contributed by atoms with E-state index in [9.17, 15) is 9.59 Å². The van der Waals surface area contributed by atoms with Crippen LogP contribution in [0.25, 0.3) is 0 Å². The lowest BCUT2D eigenvalue weighted by Crippen LogP contribution is -2.18. The number of rotatable bonds is 4. The van der Waals surface area contributed by atoms with E-state index in [1.165, 1.54) is 26.7 Å². The zero-order valence-electron chi connectivity index (χ0n) is 9.92. The molecule has 0 atom stereocenters. The van der Waals surface area contributed by atoms with E-state index in [1.54, 1.807) is 0 Å². The van der Waals surface area contributed by atoms with Crippen LogP contribution in [0.15, 0.2) is 10.5 Å². The Hall–Kier alpha value is -2.16. The first-order valence-corrected chi connectivity index (χ1v) is 5.50. The van der Waals surface area contributed by atoms with E-state index in [1.807, 2.05) is 0 Å². The lowest BCUT2D eigenvalue weighted by Gasteiger charge is -2.00. The van der Waals surface area contributed by atoms with Gasteiger partial charge in [0.25, 0.3) is 0 Å². The van der Waals surface area contributed by atoms with Gasteiger partial charge in [0.1, 0.15) is 12.8 Å². The standard InChI is InChI=1S/C9H11N3O5S/c1-15-7(13)6(12-17-3)5-4-18-8(10-5)11-9(14)16-2/h4H,1-3H3,(H,10,11,14). The van der Waals surface area contributed by atoms with Gasteiger partial charge >= 0.3 is 12.1 Å². The highest BCUT2D eigenvalue weighted by Crippen LogP contribution is 2.16. The number of amides is 1. The number of esters is 1. The number of aromatic nitrogens is 1. The SMILES string of the molecule is CON=C(C(=O)OC)c1csc(NC(=O)OC)n1. The first kappa shape index (κ1) is 13.9. The van der Waals surface area contributed by atoms with Gasteiger partial charge < -0.3 is 14.3 Å². The second-order valence-electron chi connectivity index (χ2n) is 2.77. The summed E-state index contributed by atoms with van der Waals surface area (Å²) in [5.74, 6) is -0.688. The van der Waals surface area contributed by atoms with E-state index >= 15 is 0 Å². The first-order valence-electron chi connectivity index (χ1n) is 4.62. The highest BCUT2D eigenvalue weighted by Gasteiger charge is 2.19. The molecule has 0 fully saturated rings. The zero-order valence-corrected chi connectivity index (χ0v) is 10.7. The molecule has 18 heavy (non-hydrogen) atoms. The summed E-state index contributed by atoms with van der Waals surface area (Å²) in [5, 5.41) is 7.68. The molecule has 0 radical (unpaired) electrons. The number of hydrogen-bond acceptors (Lipinski definition) is 8. The number of nitrogens with zero attached hydrogens (tertiary/aromatic N) is 2. The van der Waals surface area contributed by atoms with Gasteiger partial charge in [-0.2, -0.15) is 0 Å². The molecular formula is C9H11N3O5S. The summed E-state index contributed by atoms with van der Waals surface area (Å²) in [6.07, 6.45) is -0.654. The Bertz CT molecular complexity index is 471. The Morgan fingerprint density at radius 3 is 2.61 bits per heavy atom. The van der Waals surface area contributed by atoms with Gasteiger partial charge in [0.2, 0.25) is 5.71 Å². The molecule has 0 aromatic carbocycles. The molecule has 0 aliphatic carbocycles. The van der Waals surface area contributed by atoms with Gasteiger partial charge in [0.05, 0.1) is 14.2 Å². The molecule has 1 amide bonds. The third-order valence-corrected chi connectivity index (χ3v) is 2.46. The number of carbonyl (C=O) groups is 2. The van der Waals surface area contributed by atoms with Crippen molar-refractivity contribution in [2.75, 3.05) is 26.6 Å². The third kappa shape index (κ3) is 3.42. The minimum atomic E-state index is -0.688. The molecule has 1 rings (SSSR count). The lowest BCUT2D eigenvalue weighted by atomic mass is 10.3. The van der Waals surface area contributed by atoms with Gasteiger partial charge in [-0.1, -0.05) is 5.16 Å². The fourth-order valence-electron chi connectivity index (χ4n) is 0.955. The normalized spacial score (nSPS) is 10.7. The van der Waals surface area contributed by atoms with Gasteiger partial charge in [-0.15, -0.1) is 11.3 Å². The molecule has 0 spiro atoms. The molecule has 1 N–H and O–H groups in total. The van der Waals surface area contributed by atoms with Crippen LogP contribution in [-0.4, -0.2) is 44.1 Å². The number of ether oxygens (including phenoxy) is 2. The smallest absolute Gasteiger partial charge is 0.413 e. The lowest BCUT2D eigenvalue weighted by molar-refractivity contribution is -0.132. The highest BCUT2D eigenvalue weighted by molar-refractivity contribution is 7.14. The maximum absolute atomic E-state index is 11.4. The van der Waals surface area contributed by atoms with Crippen molar-refractivity contribution in [3.8, 4) is 0 Å². The Balaban J connectivity index is 2.91. The topological polar surface area (TPSA) is 99.1 Å². The van der Waals surface area contributed by atoms with Crippen molar-refractivity contribution in [3.05, 3.63) is 11.1 Å². The average molecular weight is 273 g/mol. The van der Waals surface area contributed by atoms with Crippen LogP contribution < -0.4 is 5.32 Å². The molecule has 1 aromatic rings. The molecule has 0 aliphatic rings. The number of nitrogens with one attached hydrogen (secondary N) is 1. The molecule has 0 unspecified atom stereocenters. The van der Waals surface area contributed by atoms with Crippen molar-refractivity contribution in [3.63, 3.8) is 0 Å². The van der Waals surface area contributed by atoms with Crippen molar-refractivity contribution in [1.82, 2.24) is 4.98 Å². The van der Waals surface area contributed by atoms with Gasteiger partial charge in [0.15, 0.2) is 5.13 Å². The number of methoxy groups -OCH3 is 2. The molecule has 0 saturated carbocycles. The van der Waals surface area contributed by atoms with E-state index < -0.39 is 12.1 Å². The number of anilines is 1. The monoisotopic (exact) mass is 273 g/mol. The molecule has 8 nitrogen and oxygen atoms in total. The second-order valence-corrected chi connectivity index (χ2v) is 3.63. The maximum atomic E-state index is 11.4. The average Bonchev–Trinajstić information content (AvgIpc) is 2.83. The van der Waals surface area contributed by atoms with Crippen LogP contribution in [0.1, 0.15) is 5.69 Å². The number of oxime groups is 1. The van der Waals surface area contributed by atoms with E-state index in [-0.39, 0.29) is 16.5 Å². The molecule has 0 saturated heterocycles. The summed E-state index contributed by atoms with van der Waals surface area (Å²) >= 11 is 1.11. The highest BCUT2D eigenvalue weighted by atomic mass is 32.1. The molecule has 1 heterocycles. The van der Waals surface area contributed by atoms with Crippen molar-refractivity contribution in [2.24, 2.45) is 5.16 Å². The Morgan fingerprint density at radius 1 is 1.33 bits per heavy atom. The third-order valence-electron chi connectivity index (χ3n) is 1.70. The van der Waals surface area contributed by atoms with E-state index in [2.05, 4.69) is 29.8 Å². The van der Waals surface area contributed by atoms with Crippen LogP contribution in [0.4, 0.5) is 9.93 Å². The molecular weight excluding hydrogens is 262 g/mol. The molecule has 0 bridgehead atoms. The summed E-state index contributed by atoms with van der Waals surface area (Å²) < 4.78 is 8.94. The predicted molar refractivity (Wildman–Crippen MR) is 63.7 cm³/mol. The molecule has 9 heteroatoms. The number of carbonyl (C=O) groups excluding carboxylic acids is 2. The molecule has 1 aromatic heterocycles.